The molecule has 0 heterocycles. The Hall–Kier alpha value is -11.9. The van der Waals surface area contributed by atoms with Crippen molar-refractivity contribution in [1.82, 2.24) is 69.1 Å². The quantitative estimate of drug-likeness (QED) is 0.0226. The van der Waals surface area contributed by atoms with Crippen LogP contribution in [0.3, 0.4) is 0 Å². The standard InChI is InChI=1S/C71H102N14O25/c1-9-38(5)59(84-70(108)60(40(7)86)85-61(99)39(6)75-62(100)44(78-67(105)50(34-57(97)98)76-41(8)87)20-13-14-31-73-52(89)27-21-43-19-15-16-37(4)32-43)68(106)74-35-53(90)77-49(33-42-17-11-10-12-18-42)66(104)80-47(24-29-55(93)94)65(103)83-58(36(2)3)69(107)81-45(22-26-51(72)88)63(101)79-46(23-28-54(91)92)64(102)82-48(71(109)110)25-30-56(95)96/h10-12,15-19,21,27,32,36,38-40,44-50,58-60,86H,9,13-14,20,22-26,28-31,33-35H2,1-8H3,(H2,72,88)(H,73,89)(H,74,106)(H,75,100)(H,76,87)(H,77,90)(H,78,105)(H,79,101)(H,80,104)(H,81,107)(H,82,102)(H,83,103)(H,84,108)(H,85,99)(H,91,92)(H,93,94)(H,95,96)(H,97,98)(H,109,110)/b27-21+/t38-,39-,40+,44-,45-,46-,47-,48-,49-,50-,58-,59-,60-/m0/s1. The smallest absolute Gasteiger partial charge is 0.326 e. The van der Waals surface area contributed by atoms with E-state index in [9.17, 15) is 117 Å². The highest BCUT2D eigenvalue weighted by Gasteiger charge is 2.38. The molecule has 0 bridgehead atoms. The molecule has 0 aliphatic carbocycles. The van der Waals surface area contributed by atoms with Crippen LogP contribution >= 0.6 is 0 Å². The zero-order valence-electron chi connectivity index (χ0n) is 62.3. The number of benzene rings is 2. The van der Waals surface area contributed by atoms with Gasteiger partial charge in [0.2, 0.25) is 82.7 Å². The van der Waals surface area contributed by atoms with E-state index in [0.717, 1.165) is 25.0 Å². The fourth-order valence-electron chi connectivity index (χ4n) is 10.5. The third kappa shape index (κ3) is 36.6. The number of carbonyl (C=O) groups is 19. The molecule has 0 aromatic heterocycles. The van der Waals surface area contributed by atoms with Gasteiger partial charge in [-0.05, 0) is 94.8 Å². The van der Waals surface area contributed by atoms with Crippen LogP contribution in [-0.4, -0.2) is 229 Å². The van der Waals surface area contributed by atoms with Gasteiger partial charge in [-0.1, -0.05) is 94.3 Å². The average molecular weight is 1550 g/mol. The number of carbonyl (C=O) groups excluding carboxylic acids is 14. The lowest BCUT2D eigenvalue weighted by Gasteiger charge is -2.29. The lowest BCUT2D eigenvalue weighted by Crippen LogP contribution is -2.61. The van der Waals surface area contributed by atoms with Gasteiger partial charge in [0.1, 0.15) is 66.5 Å². The summed E-state index contributed by atoms with van der Waals surface area (Å²) in [4.78, 5) is 248. The van der Waals surface area contributed by atoms with E-state index in [4.69, 9.17) is 10.8 Å². The molecule has 21 N–H and O–H groups in total. The Bertz CT molecular complexity index is 3610. The first-order chi connectivity index (χ1) is 51.6. The number of aryl methyl sites for hydroxylation is 1. The number of aliphatic hydroxyl groups excluding tert-OH is 1. The first-order valence-electron chi connectivity index (χ1n) is 35.3. The van der Waals surface area contributed by atoms with Crippen molar-refractivity contribution in [2.75, 3.05) is 13.1 Å². The molecule has 0 fully saturated rings. The van der Waals surface area contributed by atoms with Crippen LogP contribution in [0.15, 0.2) is 60.7 Å². The molecule has 2 rings (SSSR count). The molecule has 0 saturated carbocycles. The molecular formula is C71H102N14O25. The van der Waals surface area contributed by atoms with E-state index < -0.39 is 261 Å². The number of carboxylic acid groups (broad SMARTS) is 5. The Morgan fingerprint density at radius 2 is 0.927 bits per heavy atom. The van der Waals surface area contributed by atoms with E-state index >= 15 is 0 Å². The zero-order valence-corrected chi connectivity index (χ0v) is 62.3. The molecule has 39 nitrogen and oxygen atoms in total. The van der Waals surface area contributed by atoms with Crippen molar-refractivity contribution in [2.24, 2.45) is 17.6 Å². The minimum Gasteiger partial charge on any atom is -0.481 e. The third-order valence-electron chi connectivity index (χ3n) is 16.7. The first kappa shape index (κ1) is 94.2. The van der Waals surface area contributed by atoms with Gasteiger partial charge in [-0.3, -0.25) is 86.3 Å². The Kier molecular flexibility index (Phi) is 41.4. The highest BCUT2D eigenvalue weighted by atomic mass is 16.4. The third-order valence-corrected chi connectivity index (χ3v) is 16.7. The maximum absolute atomic E-state index is 14.4. The maximum atomic E-state index is 14.4. The monoisotopic (exact) mass is 1550 g/mol. The van der Waals surface area contributed by atoms with Gasteiger partial charge in [-0.2, -0.15) is 0 Å². The molecule has 0 spiro atoms. The van der Waals surface area contributed by atoms with Gasteiger partial charge in [0.15, 0.2) is 0 Å². The van der Waals surface area contributed by atoms with E-state index in [1.165, 1.54) is 33.8 Å². The van der Waals surface area contributed by atoms with Gasteiger partial charge in [0, 0.05) is 51.6 Å². The molecule has 0 radical (unpaired) electrons. The van der Waals surface area contributed by atoms with Gasteiger partial charge in [0.05, 0.1) is 19.1 Å². The summed E-state index contributed by atoms with van der Waals surface area (Å²) in [5, 5.41) is 88.8. The van der Waals surface area contributed by atoms with Gasteiger partial charge < -0.3 is 105 Å². The Morgan fingerprint density at radius 1 is 0.455 bits per heavy atom. The fourth-order valence-corrected chi connectivity index (χ4v) is 10.5. The van der Waals surface area contributed by atoms with Crippen LogP contribution in [0.1, 0.15) is 149 Å². The van der Waals surface area contributed by atoms with Crippen LogP contribution < -0.4 is 74.9 Å². The molecule has 606 valence electrons. The molecule has 110 heavy (non-hydrogen) atoms. The summed E-state index contributed by atoms with van der Waals surface area (Å²) in [5.41, 5.74) is 7.53. The Morgan fingerprint density at radius 3 is 1.43 bits per heavy atom. The lowest BCUT2D eigenvalue weighted by molar-refractivity contribution is -0.144. The second-order valence-corrected chi connectivity index (χ2v) is 26.4. The van der Waals surface area contributed by atoms with Crippen molar-refractivity contribution in [2.45, 2.75) is 218 Å². The second-order valence-electron chi connectivity index (χ2n) is 26.4. The average Bonchev–Trinajstić information content (AvgIpc) is 0.841. The van der Waals surface area contributed by atoms with Crippen LogP contribution in [0.5, 0.6) is 0 Å². The minimum absolute atomic E-state index is 0.118. The Labute approximate surface area is 633 Å². The van der Waals surface area contributed by atoms with Crippen LogP contribution in [0.4, 0.5) is 0 Å². The molecule has 0 unspecified atom stereocenters. The van der Waals surface area contributed by atoms with Crippen LogP contribution in [0.2, 0.25) is 0 Å². The lowest BCUT2D eigenvalue weighted by atomic mass is 9.97. The normalized spacial score (nSPS) is 14.6. The van der Waals surface area contributed by atoms with Crippen molar-refractivity contribution in [3.63, 3.8) is 0 Å². The van der Waals surface area contributed by atoms with Crippen molar-refractivity contribution < 1.29 is 122 Å². The summed E-state index contributed by atoms with van der Waals surface area (Å²) < 4.78 is 0. The molecule has 2 aromatic rings. The summed E-state index contributed by atoms with van der Waals surface area (Å²) in [5.74, 6) is -23.5. The zero-order chi connectivity index (χ0) is 83.1. The van der Waals surface area contributed by atoms with E-state index in [2.05, 4.69) is 63.8 Å². The number of aliphatic hydroxyl groups is 1. The number of amides is 14. The number of unbranched alkanes of at least 4 members (excludes halogenated alkanes) is 1. The number of primary amides is 1. The number of hydrogen-bond acceptors (Lipinski definition) is 20. The SMILES string of the molecule is CC[C@H](C)[C@H](NC(=O)[C@@H](NC(=O)[C@H](C)NC(=O)[C@H](CCCCNC(=O)/C=C/c1cccc(C)c1)NC(=O)[C@H](CC(=O)O)NC(C)=O)[C@@H](C)O)C(=O)NCC(=O)N[C@@H](Cc1ccccc1)C(=O)N[C@@H](CCC(=O)O)C(=O)N[C@H](C(=O)N[C@@H](CCC(N)=O)C(=O)N[C@@H](CCC(=O)O)C(=O)N[C@@H](CCC(=O)O)C(=O)O)C(C)C. The number of nitrogens with one attached hydrogen (secondary N) is 13. The van der Waals surface area contributed by atoms with Gasteiger partial charge in [-0.15, -0.1) is 0 Å². The van der Waals surface area contributed by atoms with Gasteiger partial charge >= 0.3 is 29.8 Å². The number of hydrogen-bond donors (Lipinski definition) is 20. The molecule has 0 saturated heterocycles. The van der Waals surface area contributed by atoms with E-state index in [-0.39, 0.29) is 38.6 Å². The molecule has 2 aromatic carbocycles. The topological polar surface area (TPSA) is 628 Å². The number of rotatable bonds is 51. The second kappa shape index (κ2) is 48.4. The van der Waals surface area contributed by atoms with Gasteiger partial charge in [0.25, 0.3) is 0 Å². The van der Waals surface area contributed by atoms with Gasteiger partial charge in [-0.25, -0.2) is 4.79 Å². The summed E-state index contributed by atoms with van der Waals surface area (Å²) in [6.45, 7) is 10.5. The van der Waals surface area contributed by atoms with Crippen LogP contribution in [-0.2, 0) is 97.5 Å². The summed E-state index contributed by atoms with van der Waals surface area (Å²) in [7, 11) is 0. The fraction of sp³-hybridized carbons (Fsp3) is 0.535. The predicted molar refractivity (Wildman–Crippen MR) is 388 cm³/mol. The number of carboxylic acids is 5. The highest BCUT2D eigenvalue weighted by Crippen LogP contribution is 2.15. The minimum atomic E-state index is -1.83. The van der Waals surface area contributed by atoms with Crippen molar-refractivity contribution >= 4 is 119 Å². The molecular weight excluding hydrogens is 1450 g/mol. The van der Waals surface area contributed by atoms with Crippen molar-refractivity contribution in [1.29, 1.82) is 0 Å². The van der Waals surface area contributed by atoms with Crippen LogP contribution in [0.25, 0.3) is 6.08 Å². The molecule has 14 amide bonds. The van der Waals surface area contributed by atoms with E-state index in [1.54, 1.807) is 43.3 Å². The molecule has 0 aliphatic heterocycles. The predicted octanol–water partition coefficient (Wildman–Crippen LogP) is -3.47. The largest absolute Gasteiger partial charge is 0.481 e. The van der Waals surface area contributed by atoms with E-state index in [0.29, 0.717) is 5.56 Å². The number of nitrogens with two attached hydrogens (primary N) is 1. The summed E-state index contributed by atoms with van der Waals surface area (Å²) in [6, 6.07) is -3.19. The maximum Gasteiger partial charge on any atom is 0.326 e. The van der Waals surface area contributed by atoms with Crippen molar-refractivity contribution in [3.05, 3.63) is 77.4 Å². The van der Waals surface area contributed by atoms with E-state index in [1.807, 2.05) is 36.5 Å². The Balaban J connectivity index is 2.37. The first-order valence-corrected chi connectivity index (χ1v) is 35.3. The molecule has 13 atom stereocenters. The number of aliphatic carboxylic acids is 5. The van der Waals surface area contributed by atoms with Crippen molar-refractivity contribution in [3.8, 4) is 0 Å². The van der Waals surface area contributed by atoms with Crippen LogP contribution in [0, 0.1) is 18.8 Å². The summed E-state index contributed by atoms with van der Waals surface area (Å²) >= 11 is 0. The summed E-state index contributed by atoms with van der Waals surface area (Å²) in [6.07, 6.45) is -4.85. The molecule has 0 aliphatic rings. The molecule has 39 heteroatoms. The highest BCUT2D eigenvalue weighted by molar-refractivity contribution is 6.00.